The zero-order valence-corrected chi connectivity index (χ0v) is 15.3. The molecule has 0 atom stereocenters. The highest BCUT2D eigenvalue weighted by Gasteiger charge is 2.14. The van der Waals surface area contributed by atoms with Crippen LogP contribution >= 0.6 is 0 Å². The van der Waals surface area contributed by atoms with Gasteiger partial charge in [-0.05, 0) is 48.5 Å². The number of hydrogen-bond acceptors (Lipinski definition) is 2. The third-order valence-corrected chi connectivity index (χ3v) is 5.32. The van der Waals surface area contributed by atoms with Crippen molar-refractivity contribution in [3.8, 4) is 17.1 Å². The molecule has 4 aromatic carbocycles. The Balaban J connectivity index is 1.51. The quantitative estimate of drug-likeness (QED) is 0.334. The highest BCUT2D eigenvalue weighted by Crippen LogP contribution is 2.33. The first-order chi connectivity index (χ1) is 14.3. The molecular weight excluding hydrogens is 363 g/mol. The highest BCUT2D eigenvalue weighted by atomic mass is 19.1. The normalized spacial score (nSPS) is 11.6. The molecule has 29 heavy (non-hydrogen) atoms. The summed E-state index contributed by atoms with van der Waals surface area (Å²) in [5.41, 5.74) is 4.88. The van der Waals surface area contributed by atoms with E-state index in [4.69, 9.17) is 4.42 Å². The number of para-hydroxylation sites is 3. The Hall–Kier alpha value is -3.92. The van der Waals surface area contributed by atoms with Crippen LogP contribution in [0.1, 0.15) is 0 Å². The molecule has 0 N–H and O–H groups in total. The average molecular weight is 378 g/mol. The van der Waals surface area contributed by atoms with E-state index >= 15 is 0 Å². The Kier molecular flexibility index (Phi) is 3.35. The minimum absolute atomic E-state index is 0.258. The number of oxazole rings is 1. The van der Waals surface area contributed by atoms with Crippen molar-refractivity contribution >= 4 is 32.9 Å². The highest BCUT2D eigenvalue weighted by molar-refractivity contribution is 6.09. The lowest BCUT2D eigenvalue weighted by molar-refractivity contribution is 0.617. The molecule has 138 valence electrons. The minimum atomic E-state index is -0.376. The van der Waals surface area contributed by atoms with E-state index in [9.17, 15) is 4.39 Å². The van der Waals surface area contributed by atoms with Gasteiger partial charge in [-0.25, -0.2) is 9.37 Å². The number of rotatable bonds is 2. The van der Waals surface area contributed by atoms with E-state index in [1.807, 2.05) is 24.3 Å². The topological polar surface area (TPSA) is 31.0 Å². The predicted octanol–water partition coefficient (Wildman–Crippen LogP) is 6.73. The van der Waals surface area contributed by atoms with Crippen LogP contribution in [0.25, 0.3) is 50.0 Å². The summed E-state index contributed by atoms with van der Waals surface area (Å²) < 4.78 is 21.9. The second-order valence-corrected chi connectivity index (χ2v) is 7.02. The van der Waals surface area contributed by atoms with E-state index in [1.54, 1.807) is 12.1 Å². The second-order valence-electron chi connectivity index (χ2n) is 7.02. The molecule has 6 aromatic rings. The van der Waals surface area contributed by atoms with Gasteiger partial charge < -0.3 is 8.98 Å². The molecule has 0 amide bonds. The standard InChI is InChI=1S/C25H15FN2O/c26-20-8-5-11-23-24(20)27-25(29-23)16-12-14-17(15-13-16)28-21-9-3-1-6-18(21)19-7-2-4-10-22(19)28/h1-15H. The molecular formula is C25H15FN2O. The number of halogens is 1. The van der Waals surface area contributed by atoms with Gasteiger partial charge in [-0.2, -0.15) is 0 Å². The van der Waals surface area contributed by atoms with Crippen molar-refractivity contribution in [1.29, 1.82) is 0 Å². The van der Waals surface area contributed by atoms with Crippen LogP contribution in [0.2, 0.25) is 0 Å². The number of aromatic nitrogens is 2. The molecule has 0 bridgehead atoms. The van der Waals surface area contributed by atoms with Crippen LogP contribution in [0.4, 0.5) is 4.39 Å². The molecule has 0 fully saturated rings. The van der Waals surface area contributed by atoms with Crippen LogP contribution in [0.3, 0.4) is 0 Å². The van der Waals surface area contributed by atoms with Crippen molar-refractivity contribution in [1.82, 2.24) is 9.55 Å². The lowest BCUT2D eigenvalue weighted by Gasteiger charge is -2.08. The Morgan fingerprint density at radius 2 is 1.34 bits per heavy atom. The first kappa shape index (κ1) is 16.1. The van der Waals surface area contributed by atoms with Crippen LogP contribution in [0, 0.1) is 5.82 Å². The molecule has 2 aromatic heterocycles. The lowest BCUT2D eigenvalue weighted by Crippen LogP contribution is -1.93. The number of hydrogen-bond donors (Lipinski definition) is 0. The third kappa shape index (κ3) is 2.39. The summed E-state index contributed by atoms with van der Waals surface area (Å²) in [6.45, 7) is 0. The summed E-state index contributed by atoms with van der Waals surface area (Å²) in [4.78, 5) is 4.33. The van der Waals surface area contributed by atoms with Crippen LogP contribution in [-0.2, 0) is 0 Å². The van der Waals surface area contributed by atoms with Crippen molar-refractivity contribution in [2.24, 2.45) is 0 Å². The molecule has 0 radical (unpaired) electrons. The Bertz CT molecular complexity index is 1460. The molecule has 0 spiro atoms. The minimum Gasteiger partial charge on any atom is -0.436 e. The van der Waals surface area contributed by atoms with Gasteiger partial charge in [0.15, 0.2) is 11.4 Å². The monoisotopic (exact) mass is 378 g/mol. The van der Waals surface area contributed by atoms with E-state index in [-0.39, 0.29) is 11.3 Å². The molecule has 4 heteroatoms. The van der Waals surface area contributed by atoms with E-state index in [2.05, 4.69) is 58.1 Å². The zero-order chi connectivity index (χ0) is 19.4. The maximum absolute atomic E-state index is 13.9. The number of benzene rings is 4. The molecule has 0 aliphatic carbocycles. The van der Waals surface area contributed by atoms with Gasteiger partial charge in [0, 0.05) is 22.0 Å². The first-order valence-electron chi connectivity index (χ1n) is 9.44. The van der Waals surface area contributed by atoms with Crippen LogP contribution < -0.4 is 0 Å². The summed E-state index contributed by atoms with van der Waals surface area (Å²) in [6, 6.07) is 29.5. The fraction of sp³-hybridized carbons (Fsp3) is 0. The van der Waals surface area contributed by atoms with Gasteiger partial charge in [0.25, 0.3) is 0 Å². The largest absolute Gasteiger partial charge is 0.436 e. The Labute approximate surface area is 165 Å². The SMILES string of the molecule is Fc1cccc2oc(-c3ccc(-n4c5ccccc5c5ccccc54)cc3)nc12. The van der Waals surface area contributed by atoms with Gasteiger partial charge in [0.2, 0.25) is 5.89 Å². The molecule has 2 heterocycles. The van der Waals surface area contributed by atoms with Gasteiger partial charge >= 0.3 is 0 Å². The van der Waals surface area contributed by atoms with Crippen molar-refractivity contribution in [2.75, 3.05) is 0 Å². The van der Waals surface area contributed by atoms with Crippen LogP contribution in [0.15, 0.2) is 95.4 Å². The number of nitrogens with zero attached hydrogens (tertiary/aromatic N) is 2. The van der Waals surface area contributed by atoms with Crippen LogP contribution in [-0.4, -0.2) is 9.55 Å². The van der Waals surface area contributed by atoms with Crippen molar-refractivity contribution in [2.45, 2.75) is 0 Å². The van der Waals surface area contributed by atoms with Gasteiger partial charge in [-0.15, -0.1) is 0 Å². The first-order valence-corrected chi connectivity index (χ1v) is 9.44. The molecule has 0 aliphatic heterocycles. The van der Waals surface area contributed by atoms with Crippen LogP contribution in [0.5, 0.6) is 0 Å². The van der Waals surface area contributed by atoms with Gasteiger partial charge in [0.1, 0.15) is 5.52 Å². The molecule has 0 aliphatic rings. The molecule has 3 nitrogen and oxygen atoms in total. The maximum Gasteiger partial charge on any atom is 0.227 e. The van der Waals surface area contributed by atoms with E-state index in [0.29, 0.717) is 11.5 Å². The Morgan fingerprint density at radius 3 is 2.00 bits per heavy atom. The molecule has 0 saturated carbocycles. The summed E-state index contributed by atoms with van der Waals surface area (Å²) >= 11 is 0. The molecule has 0 saturated heterocycles. The fourth-order valence-electron chi connectivity index (χ4n) is 3.99. The predicted molar refractivity (Wildman–Crippen MR) is 114 cm³/mol. The lowest BCUT2D eigenvalue weighted by atomic mass is 10.2. The zero-order valence-electron chi connectivity index (χ0n) is 15.3. The maximum atomic E-state index is 13.9. The summed E-state index contributed by atoms with van der Waals surface area (Å²) in [5, 5.41) is 2.45. The van der Waals surface area contributed by atoms with Crippen molar-refractivity contribution < 1.29 is 8.81 Å². The van der Waals surface area contributed by atoms with Crippen molar-refractivity contribution in [3.05, 3.63) is 96.8 Å². The average Bonchev–Trinajstić information content (AvgIpc) is 3.34. The van der Waals surface area contributed by atoms with Gasteiger partial charge in [0.05, 0.1) is 11.0 Å². The molecule has 6 rings (SSSR count). The summed E-state index contributed by atoms with van der Waals surface area (Å²) in [6.07, 6.45) is 0. The van der Waals surface area contributed by atoms with E-state index in [1.165, 1.54) is 16.8 Å². The summed E-state index contributed by atoms with van der Waals surface area (Å²) in [5.74, 6) is 0.0401. The third-order valence-electron chi connectivity index (χ3n) is 5.32. The van der Waals surface area contributed by atoms with Crippen molar-refractivity contribution in [3.63, 3.8) is 0 Å². The van der Waals surface area contributed by atoms with Gasteiger partial charge in [-0.3, -0.25) is 0 Å². The Morgan fingerprint density at radius 1 is 0.690 bits per heavy atom. The second kappa shape index (κ2) is 6.04. The summed E-state index contributed by atoms with van der Waals surface area (Å²) in [7, 11) is 0. The van der Waals surface area contributed by atoms with Gasteiger partial charge in [-0.1, -0.05) is 42.5 Å². The smallest absolute Gasteiger partial charge is 0.227 e. The number of fused-ring (bicyclic) bond motifs is 4. The fourth-order valence-corrected chi connectivity index (χ4v) is 3.99. The molecule has 0 unspecified atom stereocenters. The van der Waals surface area contributed by atoms with E-state index in [0.717, 1.165) is 22.3 Å². The van der Waals surface area contributed by atoms with E-state index < -0.39 is 0 Å².